The van der Waals surface area contributed by atoms with Gasteiger partial charge in [-0.15, -0.1) is 0 Å². The van der Waals surface area contributed by atoms with Crippen molar-refractivity contribution in [3.05, 3.63) is 35.4 Å². The molecule has 1 unspecified atom stereocenters. The summed E-state index contributed by atoms with van der Waals surface area (Å²) in [5.41, 5.74) is -0.606. The largest absolute Gasteiger partial charge is 0.385 e. The number of halogens is 5. The molecule has 0 aliphatic rings. The second-order valence-electron chi connectivity index (χ2n) is 2.96. The molecule has 0 saturated heterocycles. The molecule has 1 aromatic carbocycles. The molecule has 1 aromatic rings. The van der Waals surface area contributed by atoms with Crippen LogP contribution in [0.1, 0.15) is 5.56 Å². The van der Waals surface area contributed by atoms with Crippen molar-refractivity contribution in [1.82, 2.24) is 0 Å². The Morgan fingerprint density at radius 1 is 1.27 bits per heavy atom. The Kier molecular flexibility index (Phi) is 3.57. The highest BCUT2D eigenvalue weighted by atomic mass is 35.5. The first-order chi connectivity index (χ1) is 6.82. The van der Waals surface area contributed by atoms with E-state index in [1.807, 2.05) is 0 Å². The van der Waals surface area contributed by atoms with Crippen molar-refractivity contribution >= 4 is 11.6 Å². The Bertz CT molecular complexity index is 330. The summed E-state index contributed by atoms with van der Waals surface area (Å²) in [5.74, 6) is -1.98. The maximum Gasteiger partial charge on any atom is 0.347 e. The number of aliphatic hydroxyl groups excluding tert-OH is 1. The Balaban J connectivity index is 2.90. The van der Waals surface area contributed by atoms with E-state index in [0.29, 0.717) is 0 Å². The SMILES string of the molecule is OC(Cc1c(F)cccc1F)C(F)(F)Cl. The predicted octanol–water partition coefficient (Wildman–Crippen LogP) is 2.70. The van der Waals surface area contributed by atoms with E-state index in [1.165, 1.54) is 0 Å². The lowest BCUT2D eigenvalue weighted by molar-refractivity contribution is -0.0404. The van der Waals surface area contributed by atoms with Gasteiger partial charge in [0.25, 0.3) is 0 Å². The van der Waals surface area contributed by atoms with Crippen LogP contribution in [0.3, 0.4) is 0 Å². The third-order valence-corrected chi connectivity index (χ3v) is 2.09. The molecule has 6 heteroatoms. The zero-order valence-corrected chi connectivity index (χ0v) is 8.11. The van der Waals surface area contributed by atoms with E-state index in [2.05, 4.69) is 11.6 Å². The van der Waals surface area contributed by atoms with Gasteiger partial charge in [0.1, 0.15) is 17.7 Å². The number of aliphatic hydroxyl groups is 1. The first-order valence-electron chi connectivity index (χ1n) is 4.00. The van der Waals surface area contributed by atoms with Crippen molar-refractivity contribution in [2.45, 2.75) is 17.9 Å². The summed E-state index contributed by atoms with van der Waals surface area (Å²) in [6.45, 7) is 0. The third-order valence-electron chi connectivity index (χ3n) is 1.84. The van der Waals surface area contributed by atoms with Gasteiger partial charge in [-0.3, -0.25) is 0 Å². The fourth-order valence-electron chi connectivity index (χ4n) is 1.04. The average Bonchev–Trinajstić information content (AvgIpc) is 2.09. The van der Waals surface area contributed by atoms with Gasteiger partial charge in [-0.1, -0.05) is 6.07 Å². The van der Waals surface area contributed by atoms with Gasteiger partial charge in [0, 0.05) is 12.0 Å². The van der Waals surface area contributed by atoms with Gasteiger partial charge in [-0.05, 0) is 23.7 Å². The van der Waals surface area contributed by atoms with E-state index >= 15 is 0 Å². The van der Waals surface area contributed by atoms with Crippen LogP contribution in [0.5, 0.6) is 0 Å². The predicted molar refractivity (Wildman–Crippen MR) is 46.9 cm³/mol. The maximum absolute atomic E-state index is 13.0. The first-order valence-corrected chi connectivity index (χ1v) is 4.38. The minimum atomic E-state index is -3.91. The molecule has 0 fully saturated rings. The van der Waals surface area contributed by atoms with Crippen LogP contribution in [0.2, 0.25) is 0 Å². The van der Waals surface area contributed by atoms with E-state index < -0.39 is 35.1 Å². The molecule has 0 aliphatic carbocycles. The molecular formula is C9H7ClF4O. The Hall–Kier alpha value is -0.810. The number of alkyl halides is 3. The molecular weight excluding hydrogens is 236 g/mol. The summed E-state index contributed by atoms with van der Waals surface area (Å²) < 4.78 is 50.6. The molecule has 84 valence electrons. The Morgan fingerprint density at radius 3 is 2.13 bits per heavy atom. The lowest BCUT2D eigenvalue weighted by atomic mass is 10.1. The van der Waals surface area contributed by atoms with Gasteiger partial charge in [-0.25, -0.2) is 8.78 Å². The number of hydrogen-bond acceptors (Lipinski definition) is 1. The molecule has 0 amide bonds. The van der Waals surface area contributed by atoms with Crippen molar-refractivity contribution in [3.63, 3.8) is 0 Å². The second kappa shape index (κ2) is 4.37. The molecule has 1 nitrogen and oxygen atoms in total. The molecule has 15 heavy (non-hydrogen) atoms. The van der Waals surface area contributed by atoms with Gasteiger partial charge < -0.3 is 5.11 Å². The number of benzene rings is 1. The van der Waals surface area contributed by atoms with E-state index in [1.54, 1.807) is 0 Å². The van der Waals surface area contributed by atoms with Crippen molar-refractivity contribution in [2.75, 3.05) is 0 Å². The van der Waals surface area contributed by atoms with E-state index in [9.17, 15) is 17.6 Å². The summed E-state index contributed by atoms with van der Waals surface area (Å²) in [4.78, 5) is 0. The molecule has 0 heterocycles. The lowest BCUT2D eigenvalue weighted by Crippen LogP contribution is -2.30. The highest BCUT2D eigenvalue weighted by Gasteiger charge is 2.36. The van der Waals surface area contributed by atoms with Crippen LogP contribution in [-0.2, 0) is 6.42 Å². The van der Waals surface area contributed by atoms with Crippen molar-refractivity contribution in [3.8, 4) is 0 Å². The molecule has 1 atom stereocenters. The summed E-state index contributed by atoms with van der Waals surface area (Å²) in [6, 6.07) is 2.93. The highest BCUT2D eigenvalue weighted by Crippen LogP contribution is 2.27. The highest BCUT2D eigenvalue weighted by molar-refractivity contribution is 6.22. The molecule has 1 rings (SSSR count). The fraction of sp³-hybridized carbons (Fsp3) is 0.333. The lowest BCUT2D eigenvalue weighted by Gasteiger charge is -2.16. The molecule has 0 aliphatic heterocycles. The van der Waals surface area contributed by atoms with Crippen LogP contribution in [-0.4, -0.2) is 16.6 Å². The van der Waals surface area contributed by atoms with Gasteiger partial charge >= 0.3 is 5.38 Å². The zero-order valence-electron chi connectivity index (χ0n) is 7.35. The van der Waals surface area contributed by atoms with E-state index in [-0.39, 0.29) is 0 Å². The van der Waals surface area contributed by atoms with Gasteiger partial charge in [0.2, 0.25) is 0 Å². The van der Waals surface area contributed by atoms with Gasteiger partial charge in [0.15, 0.2) is 0 Å². The zero-order chi connectivity index (χ0) is 11.6. The summed E-state index contributed by atoms with van der Waals surface area (Å²) in [7, 11) is 0. The maximum atomic E-state index is 13.0. The normalized spacial score (nSPS) is 14.0. The summed E-state index contributed by atoms with van der Waals surface area (Å²) in [5, 5.41) is 4.96. The average molecular weight is 243 g/mol. The standard InChI is InChI=1S/C9H7ClF4O/c10-9(13,14)8(15)4-5-6(11)2-1-3-7(5)12/h1-3,8,15H,4H2. The molecule has 0 bridgehead atoms. The summed E-state index contributed by atoms with van der Waals surface area (Å²) >= 11 is 4.51. The van der Waals surface area contributed by atoms with Gasteiger partial charge in [-0.2, -0.15) is 8.78 Å². The van der Waals surface area contributed by atoms with Crippen LogP contribution < -0.4 is 0 Å². The minimum Gasteiger partial charge on any atom is -0.385 e. The first kappa shape index (κ1) is 12.3. The molecule has 0 aromatic heterocycles. The van der Waals surface area contributed by atoms with Crippen molar-refractivity contribution in [1.29, 1.82) is 0 Å². The van der Waals surface area contributed by atoms with Crippen LogP contribution in [0.25, 0.3) is 0 Å². The smallest absolute Gasteiger partial charge is 0.347 e. The van der Waals surface area contributed by atoms with Crippen LogP contribution in [0.4, 0.5) is 17.6 Å². The topological polar surface area (TPSA) is 20.2 Å². The molecule has 0 radical (unpaired) electrons. The quantitative estimate of drug-likeness (QED) is 0.638. The second-order valence-corrected chi connectivity index (χ2v) is 3.47. The van der Waals surface area contributed by atoms with E-state index in [0.717, 1.165) is 18.2 Å². The van der Waals surface area contributed by atoms with Crippen LogP contribution in [0, 0.1) is 11.6 Å². The van der Waals surface area contributed by atoms with Crippen LogP contribution in [0.15, 0.2) is 18.2 Å². The summed E-state index contributed by atoms with van der Waals surface area (Å²) in [6.07, 6.45) is -3.21. The number of rotatable bonds is 3. The van der Waals surface area contributed by atoms with Gasteiger partial charge in [0.05, 0.1) is 0 Å². The third kappa shape index (κ3) is 3.07. The van der Waals surface area contributed by atoms with Crippen molar-refractivity contribution in [2.24, 2.45) is 0 Å². The Morgan fingerprint density at radius 2 is 1.73 bits per heavy atom. The van der Waals surface area contributed by atoms with Crippen LogP contribution >= 0.6 is 11.6 Å². The molecule has 0 spiro atoms. The number of hydrogen-bond donors (Lipinski definition) is 1. The molecule has 0 saturated carbocycles. The Labute approximate surface area is 88.3 Å². The minimum absolute atomic E-state index is 0.606. The molecule has 1 N–H and O–H groups in total. The van der Waals surface area contributed by atoms with E-state index in [4.69, 9.17) is 5.11 Å². The van der Waals surface area contributed by atoms with Crippen molar-refractivity contribution < 1.29 is 22.7 Å². The fourth-order valence-corrected chi connectivity index (χ4v) is 1.11. The monoisotopic (exact) mass is 242 g/mol.